The number of amides is 2. The lowest BCUT2D eigenvalue weighted by Crippen LogP contribution is -2.52. The molecule has 0 fully saturated rings. The molecule has 180 valence electrons. The number of benzene rings is 2. The van der Waals surface area contributed by atoms with Gasteiger partial charge in [0, 0.05) is 24.2 Å². The zero-order valence-corrected chi connectivity index (χ0v) is 20.1. The second kappa shape index (κ2) is 11.4. The van der Waals surface area contributed by atoms with Gasteiger partial charge < -0.3 is 10.2 Å². The summed E-state index contributed by atoms with van der Waals surface area (Å²) in [6.07, 6.45) is 1.13. The van der Waals surface area contributed by atoms with Gasteiger partial charge in [-0.25, -0.2) is 17.2 Å². The maximum Gasteiger partial charge on any atom is 0.244 e. The van der Waals surface area contributed by atoms with E-state index in [1.165, 1.54) is 4.90 Å². The predicted molar refractivity (Wildman–Crippen MR) is 123 cm³/mol. The lowest BCUT2D eigenvalue weighted by molar-refractivity contribution is -0.140. The van der Waals surface area contributed by atoms with E-state index in [4.69, 9.17) is 11.6 Å². The highest BCUT2D eigenvalue weighted by molar-refractivity contribution is 7.92. The van der Waals surface area contributed by atoms with Crippen LogP contribution in [0.25, 0.3) is 0 Å². The number of rotatable bonds is 10. The van der Waals surface area contributed by atoms with Crippen LogP contribution in [0.1, 0.15) is 25.8 Å². The summed E-state index contributed by atoms with van der Waals surface area (Å²) in [5.41, 5.74) is 0.469. The van der Waals surface area contributed by atoms with Crippen molar-refractivity contribution in [2.24, 2.45) is 0 Å². The van der Waals surface area contributed by atoms with E-state index in [2.05, 4.69) is 5.32 Å². The maximum absolute atomic E-state index is 13.8. The Labute approximate surface area is 197 Å². The standard InChI is InChI=1S/C22H26ClF2N3O4S/c1-4-20(22(30)26-5-2)27(13-15-6-8-16(23)9-7-15)21(29)14-28(33(3,31)32)17-10-11-18(24)19(25)12-17/h6-12,20H,4-5,13-14H2,1-3H3,(H,26,30)/t20-/m0/s1. The van der Waals surface area contributed by atoms with E-state index in [0.717, 1.165) is 18.4 Å². The molecule has 0 heterocycles. The molecule has 11 heteroatoms. The molecule has 2 aromatic carbocycles. The van der Waals surface area contributed by atoms with Crippen molar-refractivity contribution in [1.29, 1.82) is 0 Å². The number of halogens is 3. The van der Waals surface area contributed by atoms with Crippen molar-refractivity contribution in [3.8, 4) is 0 Å². The van der Waals surface area contributed by atoms with E-state index in [0.29, 0.717) is 27.5 Å². The first-order valence-corrected chi connectivity index (χ1v) is 12.4. The van der Waals surface area contributed by atoms with Crippen LogP contribution in [-0.4, -0.2) is 50.5 Å². The molecule has 0 bridgehead atoms. The Morgan fingerprint density at radius 2 is 1.70 bits per heavy atom. The van der Waals surface area contributed by atoms with Gasteiger partial charge >= 0.3 is 0 Å². The molecule has 0 aromatic heterocycles. The van der Waals surface area contributed by atoms with Crippen LogP contribution in [0.4, 0.5) is 14.5 Å². The smallest absolute Gasteiger partial charge is 0.244 e. The molecule has 7 nitrogen and oxygen atoms in total. The third-order valence-corrected chi connectivity index (χ3v) is 6.27. The van der Waals surface area contributed by atoms with Gasteiger partial charge in [0.25, 0.3) is 0 Å². The van der Waals surface area contributed by atoms with Gasteiger partial charge in [0.05, 0.1) is 11.9 Å². The highest BCUT2D eigenvalue weighted by Crippen LogP contribution is 2.22. The number of nitrogens with zero attached hydrogens (tertiary/aromatic N) is 2. The minimum Gasteiger partial charge on any atom is -0.355 e. The van der Waals surface area contributed by atoms with E-state index in [1.807, 2.05) is 0 Å². The number of anilines is 1. The van der Waals surface area contributed by atoms with Crippen LogP contribution < -0.4 is 9.62 Å². The van der Waals surface area contributed by atoms with Crippen LogP contribution in [-0.2, 0) is 26.2 Å². The van der Waals surface area contributed by atoms with E-state index in [9.17, 15) is 26.8 Å². The van der Waals surface area contributed by atoms with Gasteiger partial charge in [-0.3, -0.25) is 13.9 Å². The first-order valence-electron chi connectivity index (χ1n) is 10.2. The number of hydrogen-bond acceptors (Lipinski definition) is 4. The molecular formula is C22H26ClF2N3O4S. The lowest BCUT2D eigenvalue weighted by Gasteiger charge is -2.32. The highest BCUT2D eigenvalue weighted by atomic mass is 35.5. The van der Waals surface area contributed by atoms with Gasteiger partial charge in [-0.2, -0.15) is 0 Å². The Kier molecular flexibility index (Phi) is 9.18. The first-order chi connectivity index (χ1) is 15.5. The van der Waals surface area contributed by atoms with Crippen LogP contribution in [0.2, 0.25) is 5.02 Å². The molecule has 1 atom stereocenters. The molecule has 2 rings (SSSR count). The largest absolute Gasteiger partial charge is 0.355 e. The zero-order valence-electron chi connectivity index (χ0n) is 18.5. The summed E-state index contributed by atoms with van der Waals surface area (Å²) in [7, 11) is -4.04. The molecule has 33 heavy (non-hydrogen) atoms. The minimum atomic E-state index is -4.04. The second-order valence-corrected chi connectivity index (χ2v) is 9.68. The Morgan fingerprint density at radius 3 is 2.21 bits per heavy atom. The van der Waals surface area contributed by atoms with Gasteiger partial charge in [-0.05, 0) is 43.2 Å². The fraction of sp³-hybridized carbons (Fsp3) is 0.364. The molecular weight excluding hydrogens is 476 g/mol. The predicted octanol–water partition coefficient (Wildman–Crippen LogP) is 3.33. The topological polar surface area (TPSA) is 86.8 Å². The third-order valence-electron chi connectivity index (χ3n) is 4.87. The molecule has 2 amide bonds. The van der Waals surface area contributed by atoms with Crippen LogP contribution in [0.5, 0.6) is 0 Å². The zero-order chi connectivity index (χ0) is 24.8. The fourth-order valence-electron chi connectivity index (χ4n) is 3.25. The van der Waals surface area contributed by atoms with Crippen LogP contribution in [0.3, 0.4) is 0 Å². The average Bonchev–Trinajstić information content (AvgIpc) is 2.74. The SMILES string of the molecule is CCNC(=O)[C@H](CC)N(Cc1ccc(Cl)cc1)C(=O)CN(c1ccc(F)c(F)c1)S(C)(=O)=O. The number of hydrogen-bond donors (Lipinski definition) is 1. The third kappa shape index (κ3) is 7.13. The molecule has 0 saturated carbocycles. The van der Waals surface area contributed by atoms with E-state index < -0.39 is 40.2 Å². The summed E-state index contributed by atoms with van der Waals surface area (Å²) in [6.45, 7) is 3.13. The maximum atomic E-state index is 13.8. The lowest BCUT2D eigenvalue weighted by atomic mass is 10.1. The number of sulfonamides is 1. The van der Waals surface area contributed by atoms with Gasteiger partial charge in [-0.1, -0.05) is 30.7 Å². The van der Waals surface area contributed by atoms with Crippen molar-refractivity contribution in [2.75, 3.05) is 23.7 Å². The molecule has 2 aromatic rings. The van der Waals surface area contributed by atoms with Crippen molar-refractivity contribution in [3.63, 3.8) is 0 Å². The van der Waals surface area contributed by atoms with Crippen LogP contribution in [0.15, 0.2) is 42.5 Å². The molecule has 0 radical (unpaired) electrons. The highest BCUT2D eigenvalue weighted by Gasteiger charge is 2.31. The van der Waals surface area contributed by atoms with Crippen molar-refractivity contribution in [3.05, 3.63) is 64.7 Å². The quantitative estimate of drug-likeness (QED) is 0.541. The number of carbonyl (C=O) groups excluding carboxylic acids is 2. The second-order valence-electron chi connectivity index (χ2n) is 7.33. The van der Waals surface area contributed by atoms with E-state index >= 15 is 0 Å². The fourth-order valence-corrected chi connectivity index (χ4v) is 4.22. The van der Waals surface area contributed by atoms with Crippen molar-refractivity contribution in [2.45, 2.75) is 32.9 Å². The summed E-state index contributed by atoms with van der Waals surface area (Å²) in [4.78, 5) is 27.3. The van der Waals surface area contributed by atoms with Gasteiger partial charge in [-0.15, -0.1) is 0 Å². The normalized spacial score (nSPS) is 12.2. The van der Waals surface area contributed by atoms with Crippen molar-refractivity contribution < 1.29 is 26.8 Å². The van der Waals surface area contributed by atoms with E-state index in [-0.39, 0.29) is 24.6 Å². The molecule has 0 aliphatic rings. The number of likely N-dealkylation sites (N-methyl/N-ethyl adjacent to an activating group) is 1. The Morgan fingerprint density at radius 1 is 1.06 bits per heavy atom. The summed E-state index contributed by atoms with van der Waals surface area (Å²) in [5.74, 6) is -3.47. The Hall–Kier alpha value is -2.72. The summed E-state index contributed by atoms with van der Waals surface area (Å²) in [5, 5.41) is 3.17. The minimum absolute atomic E-state index is 0.0149. The summed E-state index contributed by atoms with van der Waals surface area (Å²) < 4.78 is 52.6. The Bertz CT molecular complexity index is 1100. The molecule has 1 N–H and O–H groups in total. The summed E-state index contributed by atoms with van der Waals surface area (Å²) in [6, 6.07) is 8.33. The van der Waals surface area contributed by atoms with Crippen molar-refractivity contribution >= 4 is 39.1 Å². The van der Waals surface area contributed by atoms with Gasteiger partial charge in [0.2, 0.25) is 21.8 Å². The molecule has 0 aliphatic heterocycles. The van der Waals surface area contributed by atoms with Crippen LogP contribution in [0, 0.1) is 11.6 Å². The van der Waals surface area contributed by atoms with Crippen LogP contribution >= 0.6 is 11.6 Å². The van der Waals surface area contributed by atoms with Gasteiger partial charge in [0.15, 0.2) is 11.6 Å². The first kappa shape index (κ1) is 26.5. The molecule has 0 unspecified atom stereocenters. The van der Waals surface area contributed by atoms with E-state index in [1.54, 1.807) is 38.1 Å². The monoisotopic (exact) mass is 501 g/mol. The Balaban J connectivity index is 2.44. The van der Waals surface area contributed by atoms with Gasteiger partial charge in [0.1, 0.15) is 12.6 Å². The number of nitrogens with one attached hydrogen (secondary N) is 1. The summed E-state index contributed by atoms with van der Waals surface area (Å²) >= 11 is 5.93. The average molecular weight is 502 g/mol. The molecule has 0 aliphatic carbocycles. The number of carbonyl (C=O) groups is 2. The van der Waals surface area contributed by atoms with Crippen molar-refractivity contribution in [1.82, 2.24) is 10.2 Å². The molecule has 0 saturated heterocycles. The molecule has 0 spiro atoms.